The van der Waals surface area contributed by atoms with Gasteiger partial charge in [0.05, 0.1) is 6.42 Å². The molecule has 0 saturated heterocycles. The summed E-state index contributed by atoms with van der Waals surface area (Å²) in [5, 5.41) is 2.12. The first-order chi connectivity index (χ1) is 8.88. The van der Waals surface area contributed by atoms with Gasteiger partial charge in [-0.2, -0.15) is 0 Å². The first-order valence-corrected chi connectivity index (χ1v) is 6.43. The van der Waals surface area contributed by atoms with Crippen LogP contribution in [0.5, 0.6) is 0 Å². The lowest BCUT2D eigenvalue weighted by atomic mass is 9.87. The van der Waals surface area contributed by atoms with E-state index >= 15 is 0 Å². The standard InChI is InChI=1S/C17H18O2/c1-17(2,3)16(19)11-15(18)14-9-8-12-6-4-5-7-13(12)10-14/h4-10H,11H2,1-3H3. The smallest absolute Gasteiger partial charge is 0.170 e. The van der Waals surface area contributed by atoms with Crippen molar-refractivity contribution in [3.05, 3.63) is 48.0 Å². The molecule has 2 heteroatoms. The third kappa shape index (κ3) is 3.08. The Labute approximate surface area is 113 Å². The topological polar surface area (TPSA) is 34.1 Å². The summed E-state index contributed by atoms with van der Waals surface area (Å²) in [7, 11) is 0. The Bertz CT molecular complexity index is 633. The highest BCUT2D eigenvalue weighted by Gasteiger charge is 2.24. The average Bonchev–Trinajstić information content (AvgIpc) is 2.37. The minimum absolute atomic E-state index is 0.0225. The molecule has 0 aliphatic heterocycles. The monoisotopic (exact) mass is 254 g/mol. The lowest BCUT2D eigenvalue weighted by Crippen LogP contribution is -2.23. The van der Waals surface area contributed by atoms with Crippen molar-refractivity contribution in [2.45, 2.75) is 27.2 Å². The molecular formula is C17H18O2. The van der Waals surface area contributed by atoms with E-state index in [-0.39, 0.29) is 18.0 Å². The number of carbonyl (C=O) groups is 2. The van der Waals surface area contributed by atoms with E-state index in [1.165, 1.54) is 0 Å². The highest BCUT2D eigenvalue weighted by atomic mass is 16.1. The second-order valence-electron chi connectivity index (χ2n) is 5.84. The van der Waals surface area contributed by atoms with Crippen LogP contribution in [0.25, 0.3) is 10.8 Å². The zero-order valence-corrected chi connectivity index (χ0v) is 11.6. The highest BCUT2D eigenvalue weighted by molar-refractivity contribution is 6.10. The molecule has 0 aliphatic rings. The van der Waals surface area contributed by atoms with Crippen LogP contribution in [0.4, 0.5) is 0 Å². The zero-order chi connectivity index (χ0) is 14.0. The maximum Gasteiger partial charge on any atom is 0.170 e. The Morgan fingerprint density at radius 1 is 0.947 bits per heavy atom. The summed E-state index contributed by atoms with van der Waals surface area (Å²) >= 11 is 0. The Hall–Kier alpha value is -1.96. The maximum atomic E-state index is 12.1. The van der Waals surface area contributed by atoms with Crippen molar-refractivity contribution < 1.29 is 9.59 Å². The van der Waals surface area contributed by atoms with E-state index in [0.717, 1.165) is 10.8 Å². The van der Waals surface area contributed by atoms with Gasteiger partial charge in [0.25, 0.3) is 0 Å². The fourth-order valence-electron chi connectivity index (χ4n) is 1.88. The fraction of sp³-hybridized carbons (Fsp3) is 0.294. The minimum atomic E-state index is -0.466. The molecule has 0 aliphatic carbocycles. The average molecular weight is 254 g/mol. The molecule has 0 amide bonds. The number of rotatable bonds is 3. The van der Waals surface area contributed by atoms with Crippen LogP contribution in [0.1, 0.15) is 37.6 Å². The number of benzene rings is 2. The van der Waals surface area contributed by atoms with Crippen LogP contribution in [0.2, 0.25) is 0 Å². The molecule has 2 nitrogen and oxygen atoms in total. The van der Waals surface area contributed by atoms with E-state index in [1.54, 1.807) is 6.07 Å². The summed E-state index contributed by atoms with van der Waals surface area (Å²) in [6.45, 7) is 5.51. The van der Waals surface area contributed by atoms with Gasteiger partial charge < -0.3 is 0 Å². The fourth-order valence-corrected chi connectivity index (χ4v) is 1.88. The molecule has 0 aromatic heterocycles. The molecule has 0 saturated carbocycles. The lowest BCUT2D eigenvalue weighted by molar-refractivity contribution is -0.125. The van der Waals surface area contributed by atoms with Gasteiger partial charge in [0.2, 0.25) is 0 Å². The molecular weight excluding hydrogens is 236 g/mol. The second kappa shape index (κ2) is 4.96. The Morgan fingerprint density at radius 2 is 1.58 bits per heavy atom. The van der Waals surface area contributed by atoms with Crippen LogP contribution in [0.15, 0.2) is 42.5 Å². The number of ketones is 2. The second-order valence-corrected chi connectivity index (χ2v) is 5.84. The third-order valence-corrected chi connectivity index (χ3v) is 3.23. The summed E-state index contributed by atoms with van der Waals surface area (Å²) in [5.74, 6) is -0.128. The van der Waals surface area contributed by atoms with Crippen LogP contribution >= 0.6 is 0 Å². The van der Waals surface area contributed by atoms with Gasteiger partial charge >= 0.3 is 0 Å². The van der Waals surface area contributed by atoms with Crippen LogP contribution < -0.4 is 0 Å². The SMILES string of the molecule is CC(C)(C)C(=O)CC(=O)c1ccc2ccccc2c1. The van der Waals surface area contributed by atoms with Gasteiger partial charge in [-0.3, -0.25) is 9.59 Å². The molecule has 0 bridgehead atoms. The Kier molecular flexibility index (Phi) is 3.52. The van der Waals surface area contributed by atoms with Crippen molar-refractivity contribution in [3.63, 3.8) is 0 Å². The van der Waals surface area contributed by atoms with Gasteiger partial charge in [-0.05, 0) is 16.8 Å². The largest absolute Gasteiger partial charge is 0.299 e. The van der Waals surface area contributed by atoms with Crippen molar-refractivity contribution in [1.29, 1.82) is 0 Å². The van der Waals surface area contributed by atoms with Gasteiger partial charge in [-0.15, -0.1) is 0 Å². The van der Waals surface area contributed by atoms with Gasteiger partial charge in [-0.25, -0.2) is 0 Å². The number of hydrogen-bond donors (Lipinski definition) is 0. The van der Waals surface area contributed by atoms with Gasteiger partial charge in [0.15, 0.2) is 5.78 Å². The quantitative estimate of drug-likeness (QED) is 0.612. The molecule has 0 N–H and O–H groups in total. The molecule has 0 unspecified atom stereocenters. The molecule has 98 valence electrons. The maximum absolute atomic E-state index is 12.1. The predicted molar refractivity (Wildman–Crippen MR) is 77.4 cm³/mol. The van der Waals surface area contributed by atoms with E-state index in [0.29, 0.717) is 5.56 Å². The van der Waals surface area contributed by atoms with E-state index in [1.807, 2.05) is 57.2 Å². The molecule has 0 heterocycles. The van der Waals surface area contributed by atoms with Gasteiger partial charge in [-0.1, -0.05) is 57.2 Å². The van der Waals surface area contributed by atoms with Gasteiger partial charge in [0.1, 0.15) is 5.78 Å². The summed E-state index contributed by atoms with van der Waals surface area (Å²) in [5.41, 5.74) is 0.142. The van der Waals surface area contributed by atoms with Crippen LogP contribution in [0.3, 0.4) is 0 Å². The number of fused-ring (bicyclic) bond motifs is 1. The summed E-state index contributed by atoms with van der Waals surface area (Å²) < 4.78 is 0. The number of carbonyl (C=O) groups excluding carboxylic acids is 2. The predicted octanol–water partition coefficient (Wildman–Crippen LogP) is 4.03. The van der Waals surface area contributed by atoms with Crippen LogP contribution in [0, 0.1) is 5.41 Å². The van der Waals surface area contributed by atoms with Crippen molar-refractivity contribution in [2.75, 3.05) is 0 Å². The molecule has 2 aromatic rings. The number of hydrogen-bond acceptors (Lipinski definition) is 2. The van der Waals surface area contributed by atoms with Crippen LogP contribution in [-0.2, 0) is 4.79 Å². The van der Waals surface area contributed by atoms with Crippen LogP contribution in [-0.4, -0.2) is 11.6 Å². The molecule has 0 atom stereocenters. The first-order valence-electron chi connectivity index (χ1n) is 6.43. The van der Waals surface area contributed by atoms with E-state index in [4.69, 9.17) is 0 Å². The molecule has 0 fully saturated rings. The normalized spacial score (nSPS) is 11.5. The first kappa shape index (κ1) is 13.5. The van der Waals surface area contributed by atoms with Crippen molar-refractivity contribution in [1.82, 2.24) is 0 Å². The van der Waals surface area contributed by atoms with E-state index in [9.17, 15) is 9.59 Å². The van der Waals surface area contributed by atoms with Crippen molar-refractivity contribution >= 4 is 22.3 Å². The number of Topliss-reactive ketones (excluding diaryl/α,β-unsaturated/α-hetero) is 2. The summed E-state index contributed by atoms with van der Waals surface area (Å²) in [6.07, 6.45) is -0.0260. The van der Waals surface area contributed by atoms with Crippen molar-refractivity contribution in [2.24, 2.45) is 5.41 Å². The third-order valence-electron chi connectivity index (χ3n) is 3.23. The molecule has 0 spiro atoms. The van der Waals surface area contributed by atoms with E-state index in [2.05, 4.69) is 0 Å². The molecule has 2 rings (SSSR count). The lowest BCUT2D eigenvalue weighted by Gasteiger charge is -2.15. The zero-order valence-electron chi connectivity index (χ0n) is 11.6. The summed E-state index contributed by atoms with van der Waals surface area (Å²) in [6, 6.07) is 13.4. The molecule has 19 heavy (non-hydrogen) atoms. The highest BCUT2D eigenvalue weighted by Crippen LogP contribution is 2.20. The van der Waals surface area contributed by atoms with E-state index < -0.39 is 5.41 Å². The Morgan fingerprint density at radius 3 is 2.21 bits per heavy atom. The Balaban J connectivity index is 2.25. The molecule has 2 aromatic carbocycles. The summed E-state index contributed by atoms with van der Waals surface area (Å²) in [4.78, 5) is 24.0. The van der Waals surface area contributed by atoms with Crippen molar-refractivity contribution in [3.8, 4) is 0 Å². The molecule has 0 radical (unpaired) electrons. The van der Waals surface area contributed by atoms with Gasteiger partial charge in [0, 0.05) is 11.0 Å². The minimum Gasteiger partial charge on any atom is -0.299 e.